The molecule has 5 nitrogen and oxygen atoms in total. The van der Waals surface area contributed by atoms with E-state index in [0.717, 1.165) is 33.5 Å². The second-order valence-corrected chi connectivity index (χ2v) is 6.86. The Balaban J connectivity index is 1.76. The van der Waals surface area contributed by atoms with Gasteiger partial charge in [0, 0.05) is 35.9 Å². The molecule has 142 valence electrons. The molecule has 0 radical (unpaired) electrons. The quantitative estimate of drug-likeness (QED) is 0.547. The van der Waals surface area contributed by atoms with Crippen LogP contribution in [0.3, 0.4) is 0 Å². The summed E-state index contributed by atoms with van der Waals surface area (Å²) in [4.78, 5) is 9.20. The SMILES string of the molecule is Cc1cnc(-n2c(C)cc3c(CN)cc(F)cc32)nc1NCc1ccccc1. The Morgan fingerprint density at radius 3 is 2.64 bits per heavy atom. The van der Waals surface area contributed by atoms with Crippen LogP contribution in [0.15, 0.2) is 54.7 Å². The standard InChI is InChI=1S/C22H22FN5/c1-14-12-26-22(27-21(14)25-13-16-6-4-3-5-7-16)28-15(2)8-19-17(11-24)9-18(23)10-20(19)28/h3-10,12H,11,13,24H2,1-2H3,(H,25,26,27). The fourth-order valence-corrected chi connectivity index (χ4v) is 3.41. The molecule has 0 aliphatic heterocycles. The molecule has 0 spiro atoms. The van der Waals surface area contributed by atoms with Crippen molar-refractivity contribution in [3.63, 3.8) is 0 Å². The predicted molar refractivity (Wildman–Crippen MR) is 110 cm³/mol. The highest BCUT2D eigenvalue weighted by atomic mass is 19.1. The van der Waals surface area contributed by atoms with Gasteiger partial charge in [0.1, 0.15) is 11.6 Å². The van der Waals surface area contributed by atoms with Crippen LogP contribution in [-0.4, -0.2) is 14.5 Å². The van der Waals surface area contributed by atoms with Gasteiger partial charge in [0.15, 0.2) is 0 Å². The number of nitrogens with two attached hydrogens (primary N) is 1. The lowest BCUT2D eigenvalue weighted by Gasteiger charge is -2.12. The summed E-state index contributed by atoms with van der Waals surface area (Å²) in [6, 6.07) is 15.1. The fraction of sp³-hybridized carbons (Fsp3) is 0.182. The van der Waals surface area contributed by atoms with E-state index >= 15 is 0 Å². The zero-order chi connectivity index (χ0) is 19.7. The molecule has 4 rings (SSSR count). The number of rotatable bonds is 5. The summed E-state index contributed by atoms with van der Waals surface area (Å²) in [6.45, 7) is 4.86. The normalized spacial score (nSPS) is 11.1. The Bertz CT molecular complexity index is 1130. The summed E-state index contributed by atoms with van der Waals surface area (Å²) < 4.78 is 16.0. The number of hydrogen-bond acceptors (Lipinski definition) is 4. The maximum Gasteiger partial charge on any atom is 0.236 e. The minimum atomic E-state index is -0.318. The van der Waals surface area contributed by atoms with E-state index in [-0.39, 0.29) is 12.4 Å². The summed E-state index contributed by atoms with van der Waals surface area (Å²) in [7, 11) is 0. The maximum absolute atomic E-state index is 14.1. The molecule has 0 fully saturated rings. The number of anilines is 1. The van der Waals surface area contributed by atoms with Gasteiger partial charge in [0.2, 0.25) is 5.95 Å². The van der Waals surface area contributed by atoms with Crippen LogP contribution >= 0.6 is 0 Å². The van der Waals surface area contributed by atoms with Gasteiger partial charge in [-0.1, -0.05) is 30.3 Å². The number of hydrogen-bond donors (Lipinski definition) is 2. The maximum atomic E-state index is 14.1. The number of fused-ring (bicyclic) bond motifs is 1. The van der Waals surface area contributed by atoms with Gasteiger partial charge in [-0.05, 0) is 43.2 Å². The Morgan fingerprint density at radius 1 is 1.11 bits per heavy atom. The first-order valence-electron chi connectivity index (χ1n) is 9.19. The first kappa shape index (κ1) is 18.1. The number of halogens is 1. The van der Waals surface area contributed by atoms with Gasteiger partial charge in [0.05, 0.1) is 5.52 Å². The van der Waals surface area contributed by atoms with E-state index in [9.17, 15) is 4.39 Å². The van der Waals surface area contributed by atoms with Gasteiger partial charge in [-0.25, -0.2) is 9.37 Å². The lowest BCUT2D eigenvalue weighted by molar-refractivity contribution is 0.627. The minimum absolute atomic E-state index is 0.274. The van der Waals surface area contributed by atoms with Crippen molar-refractivity contribution in [2.75, 3.05) is 5.32 Å². The minimum Gasteiger partial charge on any atom is -0.366 e. The van der Waals surface area contributed by atoms with Gasteiger partial charge in [0.25, 0.3) is 0 Å². The van der Waals surface area contributed by atoms with Gasteiger partial charge < -0.3 is 11.1 Å². The molecule has 0 aliphatic rings. The van der Waals surface area contributed by atoms with Crippen LogP contribution in [0.25, 0.3) is 16.9 Å². The molecule has 0 saturated heterocycles. The van der Waals surface area contributed by atoms with Gasteiger partial charge in [-0.15, -0.1) is 0 Å². The van der Waals surface area contributed by atoms with Crippen LogP contribution in [0.4, 0.5) is 10.2 Å². The Morgan fingerprint density at radius 2 is 1.89 bits per heavy atom. The average molecular weight is 375 g/mol. The van der Waals surface area contributed by atoms with Crippen LogP contribution < -0.4 is 11.1 Å². The molecule has 0 amide bonds. The number of aryl methyl sites for hydroxylation is 2. The molecule has 3 N–H and O–H groups in total. The number of nitrogens with one attached hydrogen (secondary N) is 1. The molecule has 2 heterocycles. The largest absolute Gasteiger partial charge is 0.366 e. The topological polar surface area (TPSA) is 68.8 Å². The number of benzene rings is 2. The summed E-state index contributed by atoms with van der Waals surface area (Å²) in [5, 5.41) is 4.30. The van der Waals surface area contributed by atoms with Gasteiger partial charge in [-0.2, -0.15) is 4.98 Å². The smallest absolute Gasteiger partial charge is 0.236 e. The first-order chi connectivity index (χ1) is 13.6. The van der Waals surface area contributed by atoms with Crippen molar-refractivity contribution >= 4 is 16.7 Å². The lowest BCUT2D eigenvalue weighted by Crippen LogP contribution is -2.09. The Kier molecular flexibility index (Phi) is 4.79. The average Bonchev–Trinajstić information content (AvgIpc) is 3.03. The fourth-order valence-electron chi connectivity index (χ4n) is 3.41. The first-order valence-corrected chi connectivity index (χ1v) is 9.19. The van der Waals surface area contributed by atoms with Crippen LogP contribution in [0.2, 0.25) is 0 Å². The highest BCUT2D eigenvalue weighted by molar-refractivity contribution is 5.86. The molecule has 2 aromatic carbocycles. The summed E-state index contributed by atoms with van der Waals surface area (Å²) in [6.07, 6.45) is 1.78. The van der Waals surface area contributed by atoms with Crippen LogP contribution in [0.1, 0.15) is 22.4 Å². The van der Waals surface area contributed by atoms with Crippen molar-refractivity contribution in [1.82, 2.24) is 14.5 Å². The molecule has 0 bridgehead atoms. The number of aromatic nitrogens is 3. The zero-order valence-corrected chi connectivity index (χ0v) is 15.9. The molecule has 6 heteroatoms. The van der Waals surface area contributed by atoms with Gasteiger partial charge >= 0.3 is 0 Å². The second-order valence-electron chi connectivity index (χ2n) is 6.86. The molecule has 0 atom stereocenters. The molecule has 4 aromatic rings. The molecule has 0 unspecified atom stereocenters. The van der Waals surface area contributed by atoms with Crippen LogP contribution in [0.5, 0.6) is 0 Å². The molecule has 2 aromatic heterocycles. The van der Waals surface area contributed by atoms with E-state index in [4.69, 9.17) is 10.7 Å². The second kappa shape index (κ2) is 7.40. The van der Waals surface area contributed by atoms with Crippen LogP contribution in [-0.2, 0) is 13.1 Å². The molecular weight excluding hydrogens is 353 g/mol. The van der Waals surface area contributed by atoms with E-state index in [0.29, 0.717) is 12.5 Å². The third-order valence-electron chi connectivity index (χ3n) is 4.84. The van der Waals surface area contributed by atoms with E-state index in [1.54, 1.807) is 6.20 Å². The van der Waals surface area contributed by atoms with Crippen molar-refractivity contribution in [2.45, 2.75) is 26.9 Å². The van der Waals surface area contributed by atoms with Crippen molar-refractivity contribution in [1.29, 1.82) is 0 Å². The molecule has 28 heavy (non-hydrogen) atoms. The summed E-state index contributed by atoms with van der Waals surface area (Å²) in [5.74, 6) is 0.939. The summed E-state index contributed by atoms with van der Waals surface area (Å²) in [5.41, 5.74) is 10.3. The van der Waals surface area contributed by atoms with Crippen LogP contribution in [0, 0.1) is 19.7 Å². The predicted octanol–water partition coefficient (Wildman–Crippen LogP) is 4.25. The van der Waals surface area contributed by atoms with Crippen molar-refractivity contribution in [3.8, 4) is 5.95 Å². The molecular formula is C22H22FN5. The monoisotopic (exact) mass is 375 g/mol. The Labute approximate surface area is 163 Å². The number of nitrogens with zero attached hydrogens (tertiary/aromatic N) is 3. The highest BCUT2D eigenvalue weighted by Gasteiger charge is 2.15. The summed E-state index contributed by atoms with van der Waals surface area (Å²) >= 11 is 0. The van der Waals surface area contributed by atoms with Gasteiger partial charge in [-0.3, -0.25) is 4.57 Å². The third-order valence-corrected chi connectivity index (χ3v) is 4.84. The highest BCUT2D eigenvalue weighted by Crippen LogP contribution is 2.27. The lowest BCUT2D eigenvalue weighted by atomic mass is 10.1. The Hall–Kier alpha value is -3.25. The van der Waals surface area contributed by atoms with E-state index in [2.05, 4.69) is 22.4 Å². The van der Waals surface area contributed by atoms with Crippen molar-refractivity contribution in [2.24, 2.45) is 5.73 Å². The zero-order valence-electron chi connectivity index (χ0n) is 15.9. The van der Waals surface area contributed by atoms with Crippen molar-refractivity contribution < 1.29 is 4.39 Å². The third kappa shape index (κ3) is 3.34. The van der Waals surface area contributed by atoms with E-state index < -0.39 is 0 Å². The van der Waals surface area contributed by atoms with Crippen molar-refractivity contribution in [3.05, 3.63) is 82.9 Å². The molecule has 0 aliphatic carbocycles. The van der Waals surface area contributed by atoms with E-state index in [1.165, 1.54) is 17.7 Å². The van der Waals surface area contributed by atoms with E-state index in [1.807, 2.05) is 42.7 Å². The molecule has 0 saturated carbocycles.